The van der Waals surface area contributed by atoms with Crippen LogP contribution in [-0.2, 0) is 16.1 Å². The zero-order chi connectivity index (χ0) is 21.2. The number of carbonyl (C=O) groups excluding carboxylic acids is 2. The number of nitrogens with one attached hydrogen (secondary N) is 1. The lowest BCUT2D eigenvalue weighted by molar-refractivity contribution is -0.143. The van der Waals surface area contributed by atoms with Crippen molar-refractivity contribution in [2.75, 3.05) is 13.2 Å². The molecule has 0 bridgehead atoms. The van der Waals surface area contributed by atoms with Gasteiger partial charge in [0.15, 0.2) is 6.61 Å². The van der Waals surface area contributed by atoms with Crippen molar-refractivity contribution in [1.29, 1.82) is 0 Å². The van der Waals surface area contributed by atoms with Crippen molar-refractivity contribution < 1.29 is 18.7 Å². The largest absolute Gasteiger partial charge is 0.484 e. The summed E-state index contributed by atoms with van der Waals surface area (Å²) >= 11 is 0. The monoisotopic (exact) mass is 400 g/mol. The summed E-state index contributed by atoms with van der Waals surface area (Å²) in [6.45, 7) is 6.49. The third-order valence-corrected chi connectivity index (χ3v) is 4.71. The van der Waals surface area contributed by atoms with E-state index < -0.39 is 6.04 Å². The Hall–Kier alpha value is -2.89. The topological polar surface area (TPSA) is 58.6 Å². The first-order valence-electron chi connectivity index (χ1n) is 9.96. The van der Waals surface area contributed by atoms with Gasteiger partial charge in [0.25, 0.3) is 5.91 Å². The summed E-state index contributed by atoms with van der Waals surface area (Å²) in [7, 11) is 0. The normalized spacial score (nSPS) is 11.6. The Labute approximate surface area is 171 Å². The van der Waals surface area contributed by atoms with Gasteiger partial charge in [-0.2, -0.15) is 0 Å². The van der Waals surface area contributed by atoms with E-state index in [1.165, 1.54) is 24.3 Å². The Kier molecular flexibility index (Phi) is 8.65. The number of rotatable bonds is 10. The molecule has 156 valence electrons. The van der Waals surface area contributed by atoms with E-state index in [2.05, 4.69) is 5.32 Å². The van der Waals surface area contributed by atoms with Crippen LogP contribution in [0.4, 0.5) is 4.39 Å². The lowest BCUT2D eigenvalue weighted by Crippen LogP contribution is -2.50. The Bertz CT molecular complexity index is 808. The summed E-state index contributed by atoms with van der Waals surface area (Å²) in [4.78, 5) is 27.3. The minimum Gasteiger partial charge on any atom is -0.484 e. The molecular weight excluding hydrogens is 371 g/mol. The van der Waals surface area contributed by atoms with Gasteiger partial charge in [0, 0.05) is 13.1 Å². The smallest absolute Gasteiger partial charge is 0.261 e. The maximum absolute atomic E-state index is 13.1. The third-order valence-electron chi connectivity index (χ3n) is 4.71. The first kappa shape index (κ1) is 22.4. The van der Waals surface area contributed by atoms with E-state index in [1.807, 2.05) is 45.0 Å². The van der Waals surface area contributed by atoms with E-state index in [0.717, 1.165) is 17.5 Å². The molecule has 0 saturated carbocycles. The Balaban J connectivity index is 2.19. The van der Waals surface area contributed by atoms with E-state index >= 15 is 0 Å². The van der Waals surface area contributed by atoms with Crippen LogP contribution in [-0.4, -0.2) is 35.9 Å². The number of benzene rings is 2. The van der Waals surface area contributed by atoms with Gasteiger partial charge in [0.1, 0.15) is 17.6 Å². The highest BCUT2D eigenvalue weighted by molar-refractivity contribution is 5.88. The molecule has 2 rings (SSSR count). The number of hydrogen-bond acceptors (Lipinski definition) is 3. The molecule has 0 aromatic heterocycles. The molecule has 2 aromatic rings. The summed E-state index contributed by atoms with van der Waals surface area (Å²) in [5.41, 5.74) is 2.03. The second-order valence-corrected chi connectivity index (χ2v) is 6.91. The lowest BCUT2D eigenvalue weighted by Gasteiger charge is -2.31. The molecule has 6 heteroatoms. The second-order valence-electron chi connectivity index (χ2n) is 6.91. The number of ether oxygens (including phenoxy) is 1. The van der Waals surface area contributed by atoms with Crippen molar-refractivity contribution in [2.24, 2.45) is 0 Å². The van der Waals surface area contributed by atoms with Crippen LogP contribution in [0.25, 0.3) is 0 Å². The molecule has 1 N–H and O–H groups in total. The predicted octanol–water partition coefficient (Wildman–Crippen LogP) is 3.85. The molecule has 1 atom stereocenters. The SMILES string of the molecule is CCCNC(=O)[C@@H](CC)N(Cc1ccccc1C)C(=O)COc1ccc(F)cc1. The summed E-state index contributed by atoms with van der Waals surface area (Å²) < 4.78 is 18.6. The van der Waals surface area contributed by atoms with E-state index in [-0.39, 0.29) is 24.2 Å². The molecule has 0 heterocycles. The van der Waals surface area contributed by atoms with Crippen molar-refractivity contribution in [1.82, 2.24) is 10.2 Å². The average molecular weight is 400 g/mol. The van der Waals surface area contributed by atoms with E-state index in [4.69, 9.17) is 4.74 Å². The van der Waals surface area contributed by atoms with Crippen molar-refractivity contribution >= 4 is 11.8 Å². The fourth-order valence-electron chi connectivity index (χ4n) is 3.02. The van der Waals surface area contributed by atoms with Crippen molar-refractivity contribution in [3.05, 3.63) is 65.5 Å². The molecule has 0 spiro atoms. The zero-order valence-corrected chi connectivity index (χ0v) is 17.3. The van der Waals surface area contributed by atoms with Crippen molar-refractivity contribution in [3.8, 4) is 5.75 Å². The van der Waals surface area contributed by atoms with Gasteiger partial charge < -0.3 is 15.0 Å². The van der Waals surface area contributed by atoms with Gasteiger partial charge >= 0.3 is 0 Å². The third kappa shape index (κ3) is 6.59. The van der Waals surface area contributed by atoms with Crippen LogP contribution >= 0.6 is 0 Å². The van der Waals surface area contributed by atoms with Crippen LogP contribution in [0.2, 0.25) is 0 Å². The van der Waals surface area contributed by atoms with Crippen LogP contribution in [0.15, 0.2) is 48.5 Å². The second kappa shape index (κ2) is 11.2. The van der Waals surface area contributed by atoms with Crippen LogP contribution < -0.4 is 10.1 Å². The van der Waals surface area contributed by atoms with Gasteiger partial charge in [-0.3, -0.25) is 9.59 Å². The molecule has 2 amide bonds. The maximum Gasteiger partial charge on any atom is 0.261 e. The van der Waals surface area contributed by atoms with Crippen molar-refractivity contribution in [3.63, 3.8) is 0 Å². The molecule has 0 unspecified atom stereocenters. The molecule has 0 aliphatic heterocycles. The minimum absolute atomic E-state index is 0.168. The highest BCUT2D eigenvalue weighted by Crippen LogP contribution is 2.17. The number of nitrogens with zero attached hydrogens (tertiary/aromatic N) is 1. The van der Waals surface area contributed by atoms with Crippen LogP contribution in [0, 0.1) is 12.7 Å². The number of amides is 2. The summed E-state index contributed by atoms with van der Waals surface area (Å²) in [5.74, 6) is -0.434. The molecule has 29 heavy (non-hydrogen) atoms. The molecule has 2 aromatic carbocycles. The first-order valence-corrected chi connectivity index (χ1v) is 9.96. The molecule has 0 radical (unpaired) electrons. The van der Waals surface area contributed by atoms with Crippen LogP contribution in [0.1, 0.15) is 37.8 Å². The van der Waals surface area contributed by atoms with Gasteiger partial charge in [-0.05, 0) is 55.2 Å². The quantitative estimate of drug-likeness (QED) is 0.659. The number of carbonyl (C=O) groups is 2. The molecule has 0 saturated heterocycles. The molecular formula is C23H29FN2O3. The Morgan fingerprint density at radius 1 is 1.10 bits per heavy atom. The summed E-state index contributed by atoms with van der Waals surface area (Å²) in [6, 6.07) is 12.7. The van der Waals surface area contributed by atoms with Crippen LogP contribution in [0.5, 0.6) is 5.75 Å². The number of halogens is 1. The minimum atomic E-state index is -0.592. The van der Waals surface area contributed by atoms with Gasteiger partial charge in [-0.25, -0.2) is 4.39 Å². The van der Waals surface area contributed by atoms with Crippen LogP contribution in [0.3, 0.4) is 0 Å². The van der Waals surface area contributed by atoms with E-state index in [1.54, 1.807) is 4.90 Å². The number of hydrogen-bond donors (Lipinski definition) is 1. The molecule has 0 aliphatic rings. The summed E-state index contributed by atoms with van der Waals surface area (Å²) in [6.07, 6.45) is 1.31. The van der Waals surface area contributed by atoms with E-state index in [9.17, 15) is 14.0 Å². The van der Waals surface area contributed by atoms with Gasteiger partial charge in [0.2, 0.25) is 5.91 Å². The summed E-state index contributed by atoms with van der Waals surface area (Å²) in [5, 5.41) is 2.88. The molecule has 5 nitrogen and oxygen atoms in total. The Morgan fingerprint density at radius 3 is 2.41 bits per heavy atom. The number of aryl methyl sites for hydroxylation is 1. The lowest BCUT2D eigenvalue weighted by atomic mass is 10.1. The molecule has 0 aliphatic carbocycles. The highest BCUT2D eigenvalue weighted by Gasteiger charge is 2.29. The average Bonchev–Trinajstić information content (AvgIpc) is 2.72. The molecule has 0 fully saturated rings. The maximum atomic E-state index is 13.1. The van der Waals surface area contributed by atoms with E-state index in [0.29, 0.717) is 25.3 Å². The fraction of sp³-hybridized carbons (Fsp3) is 0.391. The fourth-order valence-corrected chi connectivity index (χ4v) is 3.02. The first-order chi connectivity index (χ1) is 14.0. The van der Waals surface area contributed by atoms with Gasteiger partial charge in [-0.1, -0.05) is 38.1 Å². The standard InChI is InChI=1S/C23H29FN2O3/c1-4-14-25-23(28)21(5-2)26(15-18-9-7-6-8-17(18)3)22(27)16-29-20-12-10-19(24)11-13-20/h6-13,21H,4-5,14-16H2,1-3H3,(H,25,28)/t21-/m1/s1. The highest BCUT2D eigenvalue weighted by atomic mass is 19.1. The van der Waals surface area contributed by atoms with Gasteiger partial charge in [0.05, 0.1) is 0 Å². The Morgan fingerprint density at radius 2 is 1.79 bits per heavy atom. The zero-order valence-electron chi connectivity index (χ0n) is 17.3. The van der Waals surface area contributed by atoms with Crippen molar-refractivity contribution in [2.45, 2.75) is 46.2 Å². The van der Waals surface area contributed by atoms with Gasteiger partial charge in [-0.15, -0.1) is 0 Å². The predicted molar refractivity (Wildman–Crippen MR) is 111 cm³/mol.